The minimum atomic E-state index is -4.48. The third-order valence-electron chi connectivity index (χ3n) is 3.28. The van der Waals surface area contributed by atoms with Crippen LogP contribution in [-0.4, -0.2) is 12.0 Å². The molecule has 0 spiro atoms. The van der Waals surface area contributed by atoms with Crippen molar-refractivity contribution in [1.82, 2.24) is 4.98 Å². The van der Waals surface area contributed by atoms with Crippen LogP contribution in [0.15, 0.2) is 36.5 Å². The van der Waals surface area contributed by atoms with Gasteiger partial charge >= 0.3 is 6.18 Å². The molecule has 6 heteroatoms. The molecule has 0 amide bonds. The molecule has 0 radical (unpaired) electrons. The van der Waals surface area contributed by atoms with Gasteiger partial charge in [0.15, 0.2) is 0 Å². The Balaban J connectivity index is 2.31. The van der Waals surface area contributed by atoms with Gasteiger partial charge in [-0.1, -0.05) is 24.3 Å². The van der Waals surface area contributed by atoms with Gasteiger partial charge in [-0.15, -0.1) is 0 Å². The van der Waals surface area contributed by atoms with Crippen LogP contribution in [0, 0.1) is 6.92 Å². The summed E-state index contributed by atoms with van der Waals surface area (Å²) in [5.41, 5.74) is 7.46. The Morgan fingerprint density at radius 3 is 2.52 bits per heavy atom. The number of nitrogens with two attached hydrogens (primary N) is 1. The van der Waals surface area contributed by atoms with E-state index in [2.05, 4.69) is 4.98 Å². The van der Waals surface area contributed by atoms with Gasteiger partial charge in [0.25, 0.3) is 0 Å². The maximum absolute atomic E-state index is 12.7. The molecule has 0 atom stereocenters. The number of halogens is 3. The summed E-state index contributed by atoms with van der Waals surface area (Å²) in [5, 5.41) is 0. The standard InChI is InChI=1S/C15H16F3N3/c1-10-5-3-4-6-11(10)9-21(2)13-7-14(15(16,17)18)20-8-12(13)19/h3-8H,9,19H2,1-2H3. The van der Waals surface area contributed by atoms with E-state index in [-0.39, 0.29) is 5.69 Å². The third-order valence-corrected chi connectivity index (χ3v) is 3.28. The largest absolute Gasteiger partial charge is 0.433 e. The molecule has 1 aromatic heterocycles. The second-order valence-electron chi connectivity index (χ2n) is 4.91. The van der Waals surface area contributed by atoms with Gasteiger partial charge < -0.3 is 10.6 Å². The van der Waals surface area contributed by atoms with Crippen LogP contribution < -0.4 is 10.6 Å². The number of nitrogens with zero attached hydrogens (tertiary/aromatic N) is 2. The zero-order valence-electron chi connectivity index (χ0n) is 11.8. The van der Waals surface area contributed by atoms with Crippen molar-refractivity contribution in [1.29, 1.82) is 0 Å². The number of alkyl halides is 3. The monoisotopic (exact) mass is 295 g/mol. The SMILES string of the molecule is Cc1ccccc1CN(C)c1cc(C(F)(F)F)ncc1N. The number of pyridine rings is 1. The first kappa shape index (κ1) is 15.2. The van der Waals surface area contributed by atoms with Crippen molar-refractivity contribution in [2.45, 2.75) is 19.6 Å². The fourth-order valence-electron chi connectivity index (χ4n) is 2.07. The molecule has 0 aliphatic carbocycles. The fourth-order valence-corrected chi connectivity index (χ4v) is 2.07. The Morgan fingerprint density at radius 1 is 1.24 bits per heavy atom. The van der Waals surface area contributed by atoms with Crippen LogP contribution in [0.4, 0.5) is 24.5 Å². The van der Waals surface area contributed by atoms with Gasteiger partial charge in [-0.25, -0.2) is 4.98 Å². The van der Waals surface area contributed by atoms with E-state index in [0.29, 0.717) is 12.2 Å². The Kier molecular flexibility index (Phi) is 4.06. The third kappa shape index (κ3) is 3.45. The van der Waals surface area contributed by atoms with Crippen LogP contribution in [0.1, 0.15) is 16.8 Å². The van der Waals surface area contributed by atoms with Gasteiger partial charge in [0.05, 0.1) is 17.6 Å². The molecule has 2 N–H and O–H groups in total. The molecule has 0 aliphatic rings. The highest BCUT2D eigenvalue weighted by Gasteiger charge is 2.33. The van der Waals surface area contributed by atoms with E-state index in [1.807, 2.05) is 31.2 Å². The van der Waals surface area contributed by atoms with Gasteiger partial charge in [0.1, 0.15) is 5.69 Å². The summed E-state index contributed by atoms with van der Waals surface area (Å²) in [7, 11) is 1.71. The van der Waals surface area contributed by atoms with Gasteiger partial charge in [0.2, 0.25) is 0 Å². The molecule has 112 valence electrons. The summed E-state index contributed by atoms with van der Waals surface area (Å²) in [6.07, 6.45) is -3.43. The molecule has 2 aromatic rings. The molecule has 3 nitrogen and oxygen atoms in total. The smallest absolute Gasteiger partial charge is 0.396 e. The van der Waals surface area contributed by atoms with Crippen LogP contribution in [0.5, 0.6) is 0 Å². The second-order valence-corrected chi connectivity index (χ2v) is 4.91. The summed E-state index contributed by atoms with van der Waals surface area (Å²) < 4.78 is 38.2. The van der Waals surface area contributed by atoms with Crippen LogP contribution in [0.3, 0.4) is 0 Å². The lowest BCUT2D eigenvalue weighted by molar-refractivity contribution is -0.141. The lowest BCUT2D eigenvalue weighted by atomic mass is 10.1. The maximum atomic E-state index is 12.7. The zero-order chi connectivity index (χ0) is 15.6. The lowest BCUT2D eigenvalue weighted by Crippen LogP contribution is -2.20. The predicted molar refractivity (Wildman–Crippen MR) is 76.9 cm³/mol. The molecule has 0 bridgehead atoms. The zero-order valence-corrected chi connectivity index (χ0v) is 11.8. The van der Waals surface area contributed by atoms with Crippen molar-refractivity contribution in [2.75, 3.05) is 17.7 Å². The molecule has 1 aromatic carbocycles. The van der Waals surface area contributed by atoms with Gasteiger partial charge in [-0.2, -0.15) is 13.2 Å². The average molecular weight is 295 g/mol. The molecule has 0 fully saturated rings. The highest BCUT2D eigenvalue weighted by molar-refractivity contribution is 5.67. The highest BCUT2D eigenvalue weighted by Crippen LogP contribution is 2.32. The van der Waals surface area contributed by atoms with Crippen molar-refractivity contribution in [3.05, 3.63) is 53.3 Å². The molecule has 0 unspecified atom stereocenters. The normalized spacial score (nSPS) is 11.5. The summed E-state index contributed by atoms with van der Waals surface area (Å²) in [5.74, 6) is 0. The van der Waals surface area contributed by atoms with Crippen LogP contribution >= 0.6 is 0 Å². The van der Waals surface area contributed by atoms with Crippen LogP contribution in [-0.2, 0) is 12.7 Å². The van der Waals surface area contributed by atoms with E-state index in [1.165, 1.54) is 0 Å². The Hall–Kier alpha value is -2.24. The molecular formula is C15H16F3N3. The topological polar surface area (TPSA) is 42.2 Å². The summed E-state index contributed by atoms with van der Waals surface area (Å²) in [6.45, 7) is 2.43. The molecule has 2 rings (SSSR count). The molecular weight excluding hydrogens is 279 g/mol. The van der Waals surface area contributed by atoms with Gasteiger partial charge in [0, 0.05) is 13.6 Å². The van der Waals surface area contributed by atoms with Crippen molar-refractivity contribution in [2.24, 2.45) is 0 Å². The molecule has 0 saturated carbocycles. The molecule has 1 heterocycles. The Labute approximate surface area is 121 Å². The number of hydrogen-bond donors (Lipinski definition) is 1. The van der Waals surface area contributed by atoms with E-state index in [1.54, 1.807) is 11.9 Å². The lowest BCUT2D eigenvalue weighted by Gasteiger charge is -2.23. The van der Waals surface area contributed by atoms with E-state index in [9.17, 15) is 13.2 Å². The minimum absolute atomic E-state index is 0.221. The summed E-state index contributed by atoms with van der Waals surface area (Å²) in [6, 6.07) is 8.69. The first-order valence-corrected chi connectivity index (χ1v) is 6.37. The number of hydrogen-bond acceptors (Lipinski definition) is 3. The van der Waals surface area contributed by atoms with E-state index < -0.39 is 11.9 Å². The predicted octanol–water partition coefficient (Wildman–Crippen LogP) is 3.63. The number of benzene rings is 1. The number of aromatic nitrogens is 1. The number of aryl methyl sites for hydroxylation is 1. The highest BCUT2D eigenvalue weighted by atomic mass is 19.4. The van der Waals surface area contributed by atoms with Gasteiger partial charge in [-0.3, -0.25) is 0 Å². The van der Waals surface area contributed by atoms with Crippen LogP contribution in [0.2, 0.25) is 0 Å². The van der Waals surface area contributed by atoms with E-state index in [0.717, 1.165) is 23.4 Å². The number of anilines is 2. The summed E-state index contributed by atoms with van der Waals surface area (Å²) >= 11 is 0. The van der Waals surface area contributed by atoms with Crippen LogP contribution in [0.25, 0.3) is 0 Å². The van der Waals surface area contributed by atoms with Crippen molar-refractivity contribution >= 4 is 11.4 Å². The first-order chi connectivity index (χ1) is 9.79. The minimum Gasteiger partial charge on any atom is -0.396 e. The average Bonchev–Trinajstić information content (AvgIpc) is 2.40. The number of rotatable bonds is 3. The molecule has 0 saturated heterocycles. The number of nitrogen functional groups attached to an aromatic ring is 1. The fraction of sp³-hybridized carbons (Fsp3) is 0.267. The first-order valence-electron chi connectivity index (χ1n) is 6.37. The molecule has 21 heavy (non-hydrogen) atoms. The van der Waals surface area contributed by atoms with E-state index >= 15 is 0 Å². The van der Waals surface area contributed by atoms with Gasteiger partial charge in [-0.05, 0) is 24.1 Å². The Bertz CT molecular complexity index is 638. The second kappa shape index (κ2) is 5.63. The summed E-state index contributed by atoms with van der Waals surface area (Å²) in [4.78, 5) is 5.03. The van der Waals surface area contributed by atoms with E-state index in [4.69, 9.17) is 5.73 Å². The quantitative estimate of drug-likeness (QED) is 0.940. The van der Waals surface area contributed by atoms with Crippen molar-refractivity contribution in [3.63, 3.8) is 0 Å². The molecule has 0 aliphatic heterocycles. The maximum Gasteiger partial charge on any atom is 0.433 e. The van der Waals surface area contributed by atoms with Crippen molar-refractivity contribution in [3.8, 4) is 0 Å². The van der Waals surface area contributed by atoms with Crippen molar-refractivity contribution < 1.29 is 13.2 Å². The Morgan fingerprint density at radius 2 is 1.90 bits per heavy atom.